The van der Waals surface area contributed by atoms with E-state index in [-0.39, 0.29) is 5.91 Å². The van der Waals surface area contributed by atoms with Crippen molar-refractivity contribution in [1.82, 2.24) is 10.2 Å². The van der Waals surface area contributed by atoms with Crippen molar-refractivity contribution in [2.45, 2.75) is 6.54 Å². The van der Waals surface area contributed by atoms with Crippen molar-refractivity contribution < 1.29 is 9.53 Å². The Hall–Kier alpha value is -1.43. The van der Waals surface area contributed by atoms with Crippen molar-refractivity contribution in [2.75, 3.05) is 39.9 Å². The lowest BCUT2D eigenvalue weighted by molar-refractivity contribution is -0.122. The third-order valence-corrected chi connectivity index (χ3v) is 2.69. The Morgan fingerprint density at radius 1 is 1.37 bits per heavy atom. The molecule has 1 rings (SSSR count). The van der Waals surface area contributed by atoms with Gasteiger partial charge >= 0.3 is 0 Å². The van der Waals surface area contributed by atoms with E-state index in [1.54, 1.807) is 7.11 Å². The average molecular weight is 265 g/mol. The molecule has 3 N–H and O–H groups in total. The number of carbonyl (C=O) groups excluding carboxylic acids is 1. The summed E-state index contributed by atoms with van der Waals surface area (Å²) in [5.41, 5.74) is 6.77. The lowest BCUT2D eigenvalue weighted by Gasteiger charge is -2.21. The lowest BCUT2D eigenvalue weighted by Crippen LogP contribution is -2.40. The number of hydrogen-bond donors (Lipinski definition) is 2. The Morgan fingerprint density at radius 3 is 2.74 bits per heavy atom. The second-order valence-electron chi connectivity index (χ2n) is 4.33. The predicted octanol–water partition coefficient (Wildman–Crippen LogP) is 0.210. The molecule has 0 radical (unpaired) electrons. The van der Waals surface area contributed by atoms with Crippen LogP contribution >= 0.6 is 0 Å². The van der Waals surface area contributed by atoms with Crippen LogP contribution in [-0.4, -0.2) is 50.7 Å². The van der Waals surface area contributed by atoms with Gasteiger partial charge in [0.15, 0.2) is 0 Å². The molecule has 5 nitrogen and oxygen atoms in total. The van der Waals surface area contributed by atoms with Gasteiger partial charge in [-0.3, -0.25) is 9.69 Å². The summed E-state index contributed by atoms with van der Waals surface area (Å²) in [6, 6.07) is 10.1. The highest BCUT2D eigenvalue weighted by molar-refractivity contribution is 5.77. The number of hydrogen-bond acceptors (Lipinski definition) is 4. The van der Waals surface area contributed by atoms with Crippen LogP contribution in [0.5, 0.6) is 0 Å². The number of nitrogens with one attached hydrogen (secondary N) is 1. The first-order valence-corrected chi connectivity index (χ1v) is 6.48. The van der Waals surface area contributed by atoms with Crippen LogP contribution in [0.2, 0.25) is 0 Å². The number of methoxy groups -OCH3 is 1. The molecule has 0 aromatic heterocycles. The molecule has 106 valence electrons. The molecule has 0 unspecified atom stereocenters. The van der Waals surface area contributed by atoms with Gasteiger partial charge in [-0.15, -0.1) is 0 Å². The molecule has 19 heavy (non-hydrogen) atoms. The van der Waals surface area contributed by atoms with E-state index in [2.05, 4.69) is 5.32 Å². The largest absolute Gasteiger partial charge is 0.383 e. The number of nitrogens with two attached hydrogens (primary N) is 1. The average Bonchev–Trinajstić information content (AvgIpc) is 2.40. The highest BCUT2D eigenvalue weighted by Crippen LogP contribution is 2.03. The maximum absolute atomic E-state index is 11.7. The molecule has 0 aliphatic heterocycles. The van der Waals surface area contributed by atoms with Crippen LogP contribution in [0.4, 0.5) is 0 Å². The molecule has 1 amide bonds. The quantitative estimate of drug-likeness (QED) is 0.626. The van der Waals surface area contributed by atoms with Crippen LogP contribution in [-0.2, 0) is 16.1 Å². The smallest absolute Gasteiger partial charge is 0.234 e. The van der Waals surface area contributed by atoms with E-state index in [0.29, 0.717) is 32.8 Å². The third kappa shape index (κ3) is 6.91. The summed E-state index contributed by atoms with van der Waals surface area (Å²) in [6.45, 7) is 3.40. The first kappa shape index (κ1) is 15.6. The Morgan fingerprint density at radius 2 is 2.11 bits per heavy atom. The first-order valence-electron chi connectivity index (χ1n) is 6.48. The molecular weight excluding hydrogens is 242 g/mol. The molecule has 1 aromatic carbocycles. The second kappa shape index (κ2) is 9.49. The molecule has 5 heteroatoms. The van der Waals surface area contributed by atoms with Gasteiger partial charge in [0.25, 0.3) is 0 Å². The van der Waals surface area contributed by atoms with Crippen molar-refractivity contribution in [2.24, 2.45) is 5.73 Å². The van der Waals surface area contributed by atoms with Gasteiger partial charge in [-0.25, -0.2) is 0 Å². The van der Waals surface area contributed by atoms with Gasteiger partial charge in [0.2, 0.25) is 5.91 Å². The van der Waals surface area contributed by atoms with Crippen LogP contribution in [0.3, 0.4) is 0 Å². The monoisotopic (exact) mass is 265 g/mol. The molecule has 1 aromatic rings. The summed E-state index contributed by atoms with van der Waals surface area (Å²) >= 11 is 0. The molecule has 0 atom stereocenters. The fourth-order valence-corrected chi connectivity index (χ4v) is 1.79. The van der Waals surface area contributed by atoms with Crippen LogP contribution in [0, 0.1) is 0 Å². The fraction of sp³-hybridized carbons (Fsp3) is 0.500. The minimum absolute atomic E-state index is 0.00133. The van der Waals surface area contributed by atoms with Crippen molar-refractivity contribution in [3.8, 4) is 0 Å². The molecule has 0 bridgehead atoms. The highest BCUT2D eigenvalue weighted by atomic mass is 16.5. The molecule has 0 heterocycles. The van der Waals surface area contributed by atoms with Crippen molar-refractivity contribution >= 4 is 5.91 Å². The molecule has 0 spiro atoms. The van der Waals surface area contributed by atoms with Gasteiger partial charge in [0.05, 0.1) is 13.2 Å². The fourth-order valence-electron chi connectivity index (χ4n) is 1.79. The topological polar surface area (TPSA) is 67.6 Å². The number of rotatable bonds is 9. The van der Waals surface area contributed by atoms with E-state index in [0.717, 1.165) is 6.54 Å². The molecule has 0 aliphatic carbocycles. The zero-order valence-corrected chi connectivity index (χ0v) is 11.5. The van der Waals surface area contributed by atoms with Gasteiger partial charge < -0.3 is 15.8 Å². The zero-order valence-electron chi connectivity index (χ0n) is 11.5. The van der Waals surface area contributed by atoms with E-state index < -0.39 is 0 Å². The van der Waals surface area contributed by atoms with Crippen molar-refractivity contribution in [3.63, 3.8) is 0 Å². The summed E-state index contributed by atoms with van der Waals surface area (Å²) < 4.78 is 4.89. The summed E-state index contributed by atoms with van der Waals surface area (Å²) in [7, 11) is 1.61. The second-order valence-corrected chi connectivity index (χ2v) is 4.33. The Balaban J connectivity index is 2.41. The summed E-state index contributed by atoms with van der Waals surface area (Å²) in [4.78, 5) is 13.8. The van der Waals surface area contributed by atoms with Crippen LogP contribution in [0.25, 0.3) is 0 Å². The standard InChI is InChI=1S/C14H23N3O2/c1-19-10-8-16-14(18)12-17(9-7-15)11-13-5-3-2-4-6-13/h2-6H,7-12,15H2,1H3,(H,16,18). The maximum Gasteiger partial charge on any atom is 0.234 e. The molecule has 0 saturated carbocycles. The molecule has 0 fully saturated rings. The number of amides is 1. The van der Waals surface area contributed by atoms with Crippen LogP contribution < -0.4 is 11.1 Å². The van der Waals surface area contributed by atoms with Crippen LogP contribution in [0.1, 0.15) is 5.56 Å². The molecular formula is C14H23N3O2. The van der Waals surface area contributed by atoms with Gasteiger partial charge in [-0.2, -0.15) is 0 Å². The molecule has 0 aliphatic rings. The van der Waals surface area contributed by atoms with Gasteiger partial charge in [-0.05, 0) is 5.56 Å². The van der Waals surface area contributed by atoms with E-state index in [1.807, 2.05) is 35.2 Å². The van der Waals surface area contributed by atoms with Crippen LogP contribution in [0.15, 0.2) is 30.3 Å². The van der Waals surface area contributed by atoms with E-state index in [4.69, 9.17) is 10.5 Å². The normalized spacial score (nSPS) is 10.7. The minimum atomic E-state index is 0.00133. The summed E-state index contributed by atoms with van der Waals surface area (Å²) in [5.74, 6) is 0.00133. The summed E-state index contributed by atoms with van der Waals surface area (Å²) in [5, 5.41) is 2.81. The minimum Gasteiger partial charge on any atom is -0.383 e. The number of ether oxygens (including phenoxy) is 1. The van der Waals surface area contributed by atoms with E-state index >= 15 is 0 Å². The van der Waals surface area contributed by atoms with Crippen molar-refractivity contribution in [3.05, 3.63) is 35.9 Å². The Bertz CT molecular complexity index is 357. The van der Waals surface area contributed by atoms with Gasteiger partial charge in [0, 0.05) is 33.3 Å². The van der Waals surface area contributed by atoms with Gasteiger partial charge in [0.1, 0.15) is 0 Å². The van der Waals surface area contributed by atoms with E-state index in [1.165, 1.54) is 5.56 Å². The number of nitrogens with zero attached hydrogens (tertiary/aromatic N) is 1. The maximum atomic E-state index is 11.7. The number of carbonyl (C=O) groups is 1. The van der Waals surface area contributed by atoms with Crippen molar-refractivity contribution in [1.29, 1.82) is 0 Å². The van der Waals surface area contributed by atoms with Gasteiger partial charge in [-0.1, -0.05) is 30.3 Å². The lowest BCUT2D eigenvalue weighted by atomic mass is 10.2. The Labute approximate surface area is 114 Å². The van der Waals surface area contributed by atoms with E-state index in [9.17, 15) is 4.79 Å². The predicted molar refractivity (Wildman–Crippen MR) is 75.7 cm³/mol. The summed E-state index contributed by atoms with van der Waals surface area (Å²) in [6.07, 6.45) is 0. The highest BCUT2D eigenvalue weighted by Gasteiger charge is 2.10. The third-order valence-electron chi connectivity index (χ3n) is 2.69. The number of benzene rings is 1. The molecule has 0 saturated heterocycles. The zero-order chi connectivity index (χ0) is 13.9. The Kier molecular flexibility index (Phi) is 7.81. The SMILES string of the molecule is COCCNC(=O)CN(CCN)Cc1ccccc1. The first-order chi connectivity index (χ1) is 9.26.